The second-order valence-corrected chi connectivity index (χ2v) is 4.52. The Morgan fingerprint density at radius 3 is 3.15 bits per heavy atom. The molecule has 104 valence electrons. The molecule has 1 aromatic carbocycles. The van der Waals surface area contributed by atoms with E-state index in [1.165, 1.54) is 6.39 Å². The van der Waals surface area contributed by atoms with Crippen molar-refractivity contribution in [2.75, 3.05) is 25.1 Å². The van der Waals surface area contributed by atoms with E-state index in [0.717, 1.165) is 11.3 Å². The molecule has 1 aliphatic rings. The van der Waals surface area contributed by atoms with E-state index in [4.69, 9.17) is 9.15 Å². The van der Waals surface area contributed by atoms with Crippen LogP contribution in [0.5, 0.6) is 0 Å². The van der Waals surface area contributed by atoms with Gasteiger partial charge >= 0.3 is 0 Å². The van der Waals surface area contributed by atoms with Crippen molar-refractivity contribution in [1.29, 1.82) is 0 Å². The van der Waals surface area contributed by atoms with Crippen LogP contribution in [0.15, 0.2) is 41.3 Å². The van der Waals surface area contributed by atoms with Gasteiger partial charge in [-0.1, -0.05) is 12.1 Å². The van der Waals surface area contributed by atoms with Gasteiger partial charge in [0.25, 0.3) is 0 Å². The molecule has 2 N–H and O–H groups in total. The highest BCUT2D eigenvalue weighted by Gasteiger charge is 2.21. The molecule has 6 nitrogen and oxygen atoms in total. The fraction of sp³-hybridized carbons (Fsp3) is 0.286. The van der Waals surface area contributed by atoms with Crippen molar-refractivity contribution in [2.45, 2.75) is 6.04 Å². The maximum absolute atomic E-state index is 12.1. The minimum atomic E-state index is -0.308. The van der Waals surface area contributed by atoms with Crippen LogP contribution in [0.3, 0.4) is 0 Å². The second kappa shape index (κ2) is 5.85. The molecule has 0 aliphatic carbocycles. The summed E-state index contributed by atoms with van der Waals surface area (Å²) < 4.78 is 10.5. The first-order valence-electron chi connectivity index (χ1n) is 6.44. The molecule has 1 unspecified atom stereocenters. The first-order valence-corrected chi connectivity index (χ1v) is 6.44. The molecule has 20 heavy (non-hydrogen) atoms. The first kappa shape index (κ1) is 12.8. The fourth-order valence-corrected chi connectivity index (χ4v) is 2.07. The number of benzene rings is 1. The van der Waals surface area contributed by atoms with Crippen molar-refractivity contribution in [3.63, 3.8) is 0 Å². The van der Waals surface area contributed by atoms with E-state index >= 15 is 0 Å². The molecule has 2 aromatic rings. The maximum Gasteiger partial charge on any atom is 0.243 e. The number of oxazole rings is 1. The van der Waals surface area contributed by atoms with Gasteiger partial charge in [-0.25, -0.2) is 4.98 Å². The summed E-state index contributed by atoms with van der Waals surface area (Å²) in [6, 6.07) is 7.14. The molecule has 0 saturated carbocycles. The molecule has 1 aliphatic heterocycles. The lowest BCUT2D eigenvalue weighted by Crippen LogP contribution is -2.48. The summed E-state index contributed by atoms with van der Waals surface area (Å²) in [6.45, 7) is 1.73. The van der Waals surface area contributed by atoms with Gasteiger partial charge in [0.2, 0.25) is 5.91 Å². The molecule has 3 rings (SSSR count). The average molecular weight is 273 g/mol. The van der Waals surface area contributed by atoms with E-state index in [9.17, 15) is 4.79 Å². The lowest BCUT2D eigenvalue weighted by molar-refractivity contribution is -0.120. The molecule has 1 atom stereocenters. The zero-order chi connectivity index (χ0) is 13.8. The Kier molecular flexibility index (Phi) is 3.76. The number of carbonyl (C=O) groups excluding carboxylic acids is 1. The first-order chi connectivity index (χ1) is 9.83. The van der Waals surface area contributed by atoms with Gasteiger partial charge in [-0.3, -0.25) is 4.79 Å². The highest BCUT2D eigenvalue weighted by Crippen LogP contribution is 2.22. The van der Waals surface area contributed by atoms with E-state index in [1.54, 1.807) is 6.20 Å². The number of ether oxygens (including phenoxy) is 1. The van der Waals surface area contributed by atoms with Crippen LogP contribution >= 0.6 is 0 Å². The molecule has 0 bridgehead atoms. The summed E-state index contributed by atoms with van der Waals surface area (Å²) in [5, 5.41) is 5.99. The normalized spacial score (nSPS) is 18.7. The van der Waals surface area contributed by atoms with Crippen LogP contribution in [0.1, 0.15) is 0 Å². The molecule has 1 aromatic heterocycles. The number of anilines is 1. The Balaban J connectivity index is 1.71. The highest BCUT2D eigenvalue weighted by molar-refractivity contribution is 5.95. The third-order valence-corrected chi connectivity index (χ3v) is 3.09. The zero-order valence-electron chi connectivity index (χ0n) is 10.8. The topological polar surface area (TPSA) is 76.4 Å². The van der Waals surface area contributed by atoms with Gasteiger partial charge in [0.15, 0.2) is 12.2 Å². The molecular formula is C14H15N3O3. The average Bonchev–Trinajstić information content (AvgIpc) is 3.03. The Morgan fingerprint density at radius 1 is 1.45 bits per heavy atom. The van der Waals surface area contributed by atoms with Gasteiger partial charge in [-0.05, 0) is 12.1 Å². The third-order valence-electron chi connectivity index (χ3n) is 3.09. The van der Waals surface area contributed by atoms with Gasteiger partial charge in [0.05, 0.1) is 19.4 Å². The van der Waals surface area contributed by atoms with Gasteiger partial charge in [-0.2, -0.15) is 0 Å². The van der Waals surface area contributed by atoms with Gasteiger partial charge in [-0.15, -0.1) is 0 Å². The van der Waals surface area contributed by atoms with Crippen LogP contribution in [0.25, 0.3) is 11.3 Å². The van der Waals surface area contributed by atoms with Crippen molar-refractivity contribution < 1.29 is 13.9 Å². The van der Waals surface area contributed by atoms with E-state index < -0.39 is 0 Å². The minimum Gasteiger partial charge on any atom is -0.444 e. The number of aromatic nitrogens is 1. The largest absolute Gasteiger partial charge is 0.444 e. The number of nitrogens with zero attached hydrogens (tertiary/aromatic N) is 1. The van der Waals surface area contributed by atoms with Crippen molar-refractivity contribution in [3.8, 4) is 11.3 Å². The Bertz CT molecular complexity index is 577. The number of nitrogens with one attached hydrogen (secondary N) is 2. The second-order valence-electron chi connectivity index (χ2n) is 4.52. The number of morpholine rings is 1. The Hall–Kier alpha value is -2.18. The number of hydrogen-bond acceptors (Lipinski definition) is 5. The lowest BCUT2D eigenvalue weighted by Gasteiger charge is -2.22. The van der Waals surface area contributed by atoms with Crippen LogP contribution in [0.4, 0.5) is 5.69 Å². The zero-order valence-corrected chi connectivity index (χ0v) is 10.8. The summed E-state index contributed by atoms with van der Waals surface area (Å²) in [6.07, 6.45) is 3.02. The summed E-state index contributed by atoms with van der Waals surface area (Å²) in [4.78, 5) is 16.0. The smallest absolute Gasteiger partial charge is 0.243 e. The van der Waals surface area contributed by atoms with Gasteiger partial charge in [0, 0.05) is 17.8 Å². The fourth-order valence-electron chi connectivity index (χ4n) is 2.07. The number of hydrogen-bond donors (Lipinski definition) is 2. The number of carbonyl (C=O) groups is 1. The molecule has 1 fully saturated rings. The van der Waals surface area contributed by atoms with Crippen LogP contribution in [0.2, 0.25) is 0 Å². The summed E-state index contributed by atoms with van der Waals surface area (Å²) in [5.74, 6) is 0.569. The molecule has 0 radical (unpaired) electrons. The predicted molar refractivity (Wildman–Crippen MR) is 73.2 cm³/mol. The molecule has 0 spiro atoms. The van der Waals surface area contributed by atoms with E-state index in [-0.39, 0.29) is 11.9 Å². The molecular weight excluding hydrogens is 258 g/mol. The number of amides is 1. The molecule has 1 amide bonds. The van der Waals surface area contributed by atoms with E-state index in [0.29, 0.717) is 25.5 Å². The predicted octanol–water partition coefficient (Wildman–Crippen LogP) is 1.27. The molecule has 6 heteroatoms. The SMILES string of the molecule is O=C(Nc1cccc(-c2cnco2)c1)C1COCCN1. The van der Waals surface area contributed by atoms with E-state index in [2.05, 4.69) is 15.6 Å². The highest BCUT2D eigenvalue weighted by atomic mass is 16.5. The Labute approximate surface area is 116 Å². The van der Waals surface area contributed by atoms with Crippen molar-refractivity contribution >= 4 is 11.6 Å². The van der Waals surface area contributed by atoms with Crippen LogP contribution < -0.4 is 10.6 Å². The maximum atomic E-state index is 12.1. The van der Waals surface area contributed by atoms with E-state index in [1.807, 2.05) is 24.3 Å². The van der Waals surface area contributed by atoms with Gasteiger partial charge < -0.3 is 19.8 Å². The number of rotatable bonds is 3. The minimum absolute atomic E-state index is 0.0978. The summed E-state index contributed by atoms with van der Waals surface area (Å²) >= 11 is 0. The Morgan fingerprint density at radius 2 is 2.40 bits per heavy atom. The van der Waals surface area contributed by atoms with Crippen LogP contribution in [0, 0.1) is 0 Å². The molecule has 2 heterocycles. The van der Waals surface area contributed by atoms with Crippen LogP contribution in [-0.2, 0) is 9.53 Å². The van der Waals surface area contributed by atoms with Crippen molar-refractivity contribution in [3.05, 3.63) is 36.9 Å². The standard InChI is InChI=1S/C14H15N3O3/c18-14(12-8-19-5-4-16-12)17-11-3-1-2-10(6-11)13-7-15-9-20-13/h1-3,6-7,9,12,16H,4-5,8H2,(H,17,18). The van der Waals surface area contributed by atoms with Crippen molar-refractivity contribution in [2.24, 2.45) is 0 Å². The quantitative estimate of drug-likeness (QED) is 0.880. The summed E-state index contributed by atoms with van der Waals surface area (Å²) in [5.41, 5.74) is 1.59. The lowest BCUT2D eigenvalue weighted by atomic mass is 10.1. The molecule has 1 saturated heterocycles. The van der Waals surface area contributed by atoms with Crippen molar-refractivity contribution in [1.82, 2.24) is 10.3 Å². The van der Waals surface area contributed by atoms with Gasteiger partial charge in [0.1, 0.15) is 6.04 Å². The van der Waals surface area contributed by atoms with Crippen LogP contribution in [-0.4, -0.2) is 36.7 Å². The monoisotopic (exact) mass is 273 g/mol. The third kappa shape index (κ3) is 2.87. The summed E-state index contributed by atoms with van der Waals surface area (Å²) in [7, 11) is 0.